The number of rotatable bonds is 6. The predicted molar refractivity (Wildman–Crippen MR) is 141 cm³/mol. The van der Waals surface area contributed by atoms with Gasteiger partial charge in [-0.1, -0.05) is 12.1 Å². The van der Waals surface area contributed by atoms with Crippen molar-refractivity contribution in [2.24, 2.45) is 0 Å². The predicted octanol–water partition coefficient (Wildman–Crippen LogP) is 6.06. The Labute approximate surface area is 206 Å². The van der Waals surface area contributed by atoms with Gasteiger partial charge in [-0.15, -0.1) is 0 Å². The smallest absolute Gasteiger partial charge is 0.174 e. The molecule has 172 valence electrons. The molecule has 1 fully saturated rings. The summed E-state index contributed by atoms with van der Waals surface area (Å²) in [5.41, 5.74) is 6.78. The van der Waals surface area contributed by atoms with Crippen LogP contribution in [0.4, 0.5) is 5.69 Å². The van der Waals surface area contributed by atoms with Gasteiger partial charge in [-0.25, -0.2) is 0 Å². The first-order chi connectivity index (χ1) is 16.6. The average Bonchev–Trinajstić information content (AvgIpc) is 3.46. The van der Waals surface area contributed by atoms with E-state index in [1.807, 2.05) is 37.4 Å². The molecule has 34 heavy (non-hydrogen) atoms. The van der Waals surface area contributed by atoms with Crippen molar-refractivity contribution in [3.05, 3.63) is 108 Å². The van der Waals surface area contributed by atoms with E-state index in [4.69, 9.17) is 17.0 Å². The summed E-state index contributed by atoms with van der Waals surface area (Å²) in [7, 11) is 0. The lowest BCUT2D eigenvalue weighted by Crippen LogP contribution is -2.30. The van der Waals surface area contributed by atoms with Gasteiger partial charge in [0, 0.05) is 29.5 Å². The Morgan fingerprint density at radius 2 is 1.74 bits per heavy atom. The summed E-state index contributed by atoms with van der Waals surface area (Å²) < 4.78 is 7.91. The summed E-state index contributed by atoms with van der Waals surface area (Å²) in [5, 5.41) is 4.22. The third-order valence-corrected chi connectivity index (χ3v) is 6.69. The van der Waals surface area contributed by atoms with Gasteiger partial charge < -0.3 is 19.5 Å². The molecule has 1 aliphatic heterocycles. The van der Waals surface area contributed by atoms with E-state index >= 15 is 0 Å². The molecule has 0 saturated carbocycles. The lowest BCUT2D eigenvalue weighted by Gasteiger charge is -2.29. The fourth-order valence-corrected chi connectivity index (χ4v) is 4.89. The van der Waals surface area contributed by atoms with Crippen LogP contribution >= 0.6 is 12.2 Å². The van der Waals surface area contributed by atoms with Crippen molar-refractivity contribution in [1.29, 1.82) is 0 Å². The topological polar surface area (TPSA) is 42.3 Å². The van der Waals surface area contributed by atoms with E-state index in [0.29, 0.717) is 11.7 Å². The maximum atomic E-state index is 5.88. The number of ether oxygens (including phenoxy) is 1. The van der Waals surface area contributed by atoms with Gasteiger partial charge in [-0.3, -0.25) is 4.98 Å². The maximum Gasteiger partial charge on any atom is 0.174 e. The monoisotopic (exact) mass is 468 g/mol. The van der Waals surface area contributed by atoms with Crippen molar-refractivity contribution >= 4 is 23.0 Å². The van der Waals surface area contributed by atoms with Crippen molar-refractivity contribution in [3.63, 3.8) is 0 Å². The largest absolute Gasteiger partial charge is 0.494 e. The van der Waals surface area contributed by atoms with Crippen LogP contribution in [0.3, 0.4) is 0 Å². The zero-order valence-corrected chi connectivity index (χ0v) is 20.4. The van der Waals surface area contributed by atoms with Gasteiger partial charge in [0.15, 0.2) is 5.11 Å². The second-order valence-corrected chi connectivity index (χ2v) is 8.88. The van der Waals surface area contributed by atoms with E-state index < -0.39 is 0 Å². The number of aryl methyl sites for hydroxylation is 2. The minimum atomic E-state index is -0.0968. The van der Waals surface area contributed by atoms with Crippen molar-refractivity contribution in [2.45, 2.75) is 32.9 Å². The molecule has 5 rings (SSSR count). The van der Waals surface area contributed by atoms with Gasteiger partial charge in [0.05, 0.1) is 18.3 Å². The molecule has 2 aromatic carbocycles. The van der Waals surface area contributed by atoms with E-state index in [2.05, 4.69) is 88.3 Å². The summed E-state index contributed by atoms with van der Waals surface area (Å²) >= 11 is 5.88. The molecule has 0 bridgehead atoms. The fraction of sp³-hybridized carbons (Fsp3) is 0.214. The minimum Gasteiger partial charge on any atom is -0.494 e. The number of anilines is 1. The van der Waals surface area contributed by atoms with Gasteiger partial charge in [0.2, 0.25) is 0 Å². The molecule has 0 aliphatic carbocycles. The zero-order chi connectivity index (χ0) is 23.7. The maximum absolute atomic E-state index is 5.88. The molecule has 1 aliphatic rings. The number of benzene rings is 2. The standard InChI is InChI=1S/C28H28N4OS/c1-4-33-23-14-12-21(13-15-23)32-27(26(30-28(32)34)24-8-5-6-16-29-24)25-9-7-17-31(25)22-11-10-19(2)20(3)18-22/h5-18,26-27H,4H2,1-3H3,(H,30,34)/t26-,27+/m0/s1. The van der Waals surface area contributed by atoms with Crippen LogP contribution in [0.15, 0.2) is 85.2 Å². The normalized spacial score (nSPS) is 17.6. The molecule has 0 unspecified atom stereocenters. The van der Waals surface area contributed by atoms with Crippen molar-refractivity contribution in [3.8, 4) is 11.4 Å². The first kappa shape index (κ1) is 22.2. The Bertz CT molecular complexity index is 1300. The summed E-state index contributed by atoms with van der Waals surface area (Å²) in [6.07, 6.45) is 3.95. The quantitative estimate of drug-likeness (QED) is 0.348. The van der Waals surface area contributed by atoms with Crippen LogP contribution in [-0.4, -0.2) is 21.3 Å². The molecule has 1 saturated heterocycles. The van der Waals surface area contributed by atoms with E-state index in [-0.39, 0.29) is 12.1 Å². The Morgan fingerprint density at radius 1 is 0.941 bits per heavy atom. The number of nitrogens with zero attached hydrogens (tertiary/aromatic N) is 3. The number of aromatic nitrogens is 2. The third kappa shape index (κ3) is 4.05. The molecule has 0 amide bonds. The summed E-state index contributed by atoms with van der Waals surface area (Å²) in [6.45, 7) is 6.91. The lowest BCUT2D eigenvalue weighted by molar-refractivity contribution is 0.340. The van der Waals surface area contributed by atoms with Crippen LogP contribution in [0.25, 0.3) is 5.69 Å². The molecule has 6 heteroatoms. The van der Waals surface area contributed by atoms with Crippen LogP contribution in [0, 0.1) is 13.8 Å². The van der Waals surface area contributed by atoms with E-state index in [1.54, 1.807) is 0 Å². The van der Waals surface area contributed by atoms with Gasteiger partial charge in [-0.2, -0.15) is 0 Å². The summed E-state index contributed by atoms with van der Waals surface area (Å²) in [6, 6.07) is 24.8. The number of hydrogen-bond donors (Lipinski definition) is 1. The third-order valence-electron chi connectivity index (χ3n) is 6.38. The molecule has 2 aromatic heterocycles. The van der Waals surface area contributed by atoms with Gasteiger partial charge in [0.1, 0.15) is 11.8 Å². The number of nitrogens with one attached hydrogen (secondary N) is 1. The molecular weight excluding hydrogens is 440 g/mol. The SMILES string of the molecule is CCOc1ccc(N2C(=S)N[C@@H](c3ccccn3)[C@H]2c2cccn2-c2ccc(C)c(C)c2)cc1. The Balaban J connectivity index is 1.63. The van der Waals surface area contributed by atoms with Gasteiger partial charge >= 0.3 is 0 Å². The highest BCUT2D eigenvalue weighted by Gasteiger charge is 2.42. The number of thiocarbonyl (C=S) groups is 1. The highest BCUT2D eigenvalue weighted by Crippen LogP contribution is 2.42. The average molecular weight is 469 g/mol. The molecule has 2 atom stereocenters. The van der Waals surface area contributed by atoms with Crippen LogP contribution in [0.2, 0.25) is 0 Å². The van der Waals surface area contributed by atoms with Gasteiger partial charge in [0.25, 0.3) is 0 Å². The van der Waals surface area contributed by atoms with Crippen LogP contribution < -0.4 is 15.0 Å². The highest BCUT2D eigenvalue weighted by atomic mass is 32.1. The molecule has 5 nitrogen and oxygen atoms in total. The Morgan fingerprint density at radius 3 is 2.44 bits per heavy atom. The summed E-state index contributed by atoms with van der Waals surface area (Å²) in [5.74, 6) is 0.848. The van der Waals surface area contributed by atoms with Crippen LogP contribution in [0.5, 0.6) is 5.75 Å². The van der Waals surface area contributed by atoms with Crippen molar-refractivity contribution in [2.75, 3.05) is 11.5 Å². The molecule has 0 spiro atoms. The highest BCUT2D eigenvalue weighted by molar-refractivity contribution is 7.80. The van der Waals surface area contributed by atoms with E-state index in [1.165, 1.54) is 11.1 Å². The van der Waals surface area contributed by atoms with Crippen LogP contribution in [-0.2, 0) is 0 Å². The van der Waals surface area contributed by atoms with Crippen molar-refractivity contribution < 1.29 is 4.74 Å². The zero-order valence-electron chi connectivity index (χ0n) is 19.6. The number of pyridine rings is 1. The summed E-state index contributed by atoms with van der Waals surface area (Å²) in [4.78, 5) is 6.86. The molecule has 4 aromatic rings. The van der Waals surface area contributed by atoms with Gasteiger partial charge in [-0.05, 0) is 105 Å². The lowest BCUT2D eigenvalue weighted by atomic mass is 10.0. The molecule has 0 radical (unpaired) electrons. The first-order valence-corrected chi connectivity index (χ1v) is 12.0. The van der Waals surface area contributed by atoms with Crippen molar-refractivity contribution in [1.82, 2.24) is 14.9 Å². The van der Waals surface area contributed by atoms with E-state index in [0.717, 1.165) is 28.5 Å². The second-order valence-electron chi connectivity index (χ2n) is 8.50. The van der Waals surface area contributed by atoms with E-state index in [9.17, 15) is 0 Å². The Kier molecular flexibility index (Phi) is 6.07. The molecule has 3 heterocycles. The molecular formula is C28H28N4OS. The van der Waals surface area contributed by atoms with Crippen LogP contribution in [0.1, 0.15) is 41.5 Å². The molecule has 1 N–H and O–H groups in total. The fourth-order valence-electron chi connectivity index (χ4n) is 4.55. The Hall–Kier alpha value is -3.64. The second kappa shape index (κ2) is 9.31. The number of hydrogen-bond acceptors (Lipinski definition) is 3. The minimum absolute atomic E-state index is 0.0862. The first-order valence-electron chi connectivity index (χ1n) is 11.5.